The predicted molar refractivity (Wildman–Crippen MR) is 84.0 cm³/mol. The molecule has 1 aliphatic carbocycles. The Morgan fingerprint density at radius 1 is 1.35 bits per heavy atom. The third-order valence-corrected chi connectivity index (χ3v) is 4.96. The second-order valence-corrected chi connectivity index (χ2v) is 6.63. The summed E-state index contributed by atoms with van der Waals surface area (Å²) in [5.74, 6) is 0. The minimum atomic E-state index is 0.288. The zero-order valence-electron chi connectivity index (χ0n) is 13.7. The molecule has 1 N–H and O–H groups in total. The number of hydrogen-bond donors (Lipinski definition) is 1. The summed E-state index contributed by atoms with van der Waals surface area (Å²) < 4.78 is 2.05. The number of hydrogen-bond acceptors (Lipinski definition) is 3. The van der Waals surface area contributed by atoms with E-state index < -0.39 is 0 Å². The van der Waals surface area contributed by atoms with E-state index in [2.05, 4.69) is 62.2 Å². The summed E-state index contributed by atoms with van der Waals surface area (Å²) >= 11 is 0. The number of aromatic nitrogens is 2. The van der Waals surface area contributed by atoms with E-state index in [4.69, 9.17) is 5.10 Å². The summed E-state index contributed by atoms with van der Waals surface area (Å²) in [7, 11) is 6.54. The van der Waals surface area contributed by atoms with E-state index in [0.717, 1.165) is 6.42 Å². The topological polar surface area (TPSA) is 33.1 Å². The fraction of sp³-hybridized carbons (Fsp3) is 0.812. The normalized spacial score (nSPS) is 19.9. The molecule has 1 saturated carbocycles. The lowest BCUT2D eigenvalue weighted by Gasteiger charge is -2.43. The van der Waals surface area contributed by atoms with Crippen LogP contribution in [-0.2, 0) is 6.42 Å². The Balaban J connectivity index is 2.14. The Kier molecular flexibility index (Phi) is 4.86. The van der Waals surface area contributed by atoms with Crippen molar-refractivity contribution in [2.24, 2.45) is 0 Å². The standard InChI is InChI=1S/C16H30N4/c1-13(2)20-11-8-14(18-20)12-15(17-3)16(19(4)5)9-6-7-10-16/h8,11,13,15,17H,6-7,9-10,12H2,1-5H3. The second kappa shape index (κ2) is 6.27. The molecule has 0 aromatic carbocycles. The Hall–Kier alpha value is -0.870. The van der Waals surface area contributed by atoms with Crippen molar-refractivity contribution in [3.8, 4) is 0 Å². The minimum Gasteiger partial charge on any atom is -0.315 e. The van der Waals surface area contributed by atoms with Gasteiger partial charge in [0.2, 0.25) is 0 Å². The molecule has 1 fully saturated rings. The van der Waals surface area contributed by atoms with Crippen LogP contribution in [0.15, 0.2) is 12.3 Å². The number of rotatable bonds is 6. The molecular formula is C16H30N4. The van der Waals surface area contributed by atoms with Crippen LogP contribution in [0.5, 0.6) is 0 Å². The maximum absolute atomic E-state index is 4.72. The lowest BCUT2D eigenvalue weighted by molar-refractivity contribution is 0.108. The van der Waals surface area contributed by atoms with Crippen molar-refractivity contribution in [3.05, 3.63) is 18.0 Å². The zero-order valence-corrected chi connectivity index (χ0v) is 13.7. The maximum Gasteiger partial charge on any atom is 0.0640 e. The van der Waals surface area contributed by atoms with Gasteiger partial charge in [0.1, 0.15) is 0 Å². The van der Waals surface area contributed by atoms with Gasteiger partial charge in [-0.25, -0.2) is 0 Å². The number of nitrogens with one attached hydrogen (secondary N) is 1. The molecular weight excluding hydrogens is 248 g/mol. The number of nitrogens with zero attached hydrogens (tertiary/aromatic N) is 3. The Labute approximate surface area is 123 Å². The van der Waals surface area contributed by atoms with Crippen molar-refractivity contribution < 1.29 is 0 Å². The van der Waals surface area contributed by atoms with E-state index >= 15 is 0 Å². The zero-order chi connectivity index (χ0) is 14.8. The minimum absolute atomic E-state index is 0.288. The molecule has 0 spiro atoms. The van der Waals surface area contributed by atoms with Gasteiger partial charge in [0.05, 0.1) is 5.69 Å². The first-order valence-electron chi connectivity index (χ1n) is 7.88. The molecule has 0 bridgehead atoms. The highest BCUT2D eigenvalue weighted by Crippen LogP contribution is 2.37. The van der Waals surface area contributed by atoms with E-state index in [1.165, 1.54) is 31.4 Å². The molecule has 1 aliphatic rings. The van der Waals surface area contributed by atoms with Gasteiger partial charge < -0.3 is 10.2 Å². The molecule has 0 amide bonds. The maximum atomic E-state index is 4.72. The van der Waals surface area contributed by atoms with Gasteiger partial charge in [-0.2, -0.15) is 5.10 Å². The van der Waals surface area contributed by atoms with Gasteiger partial charge in [0.25, 0.3) is 0 Å². The van der Waals surface area contributed by atoms with Crippen molar-refractivity contribution in [2.45, 2.75) is 63.6 Å². The van der Waals surface area contributed by atoms with Gasteiger partial charge in [-0.1, -0.05) is 12.8 Å². The molecule has 20 heavy (non-hydrogen) atoms. The smallest absolute Gasteiger partial charge is 0.0640 e. The molecule has 1 heterocycles. The van der Waals surface area contributed by atoms with Crippen LogP contribution >= 0.6 is 0 Å². The summed E-state index contributed by atoms with van der Waals surface area (Å²) in [6.45, 7) is 4.34. The summed E-state index contributed by atoms with van der Waals surface area (Å²) in [4.78, 5) is 2.43. The molecule has 114 valence electrons. The predicted octanol–water partition coefficient (Wildman–Crippen LogP) is 2.47. The highest BCUT2D eigenvalue weighted by molar-refractivity contribution is 5.09. The molecule has 1 aromatic rings. The average molecular weight is 278 g/mol. The highest BCUT2D eigenvalue weighted by atomic mass is 15.3. The van der Waals surface area contributed by atoms with Crippen LogP contribution in [0, 0.1) is 0 Å². The van der Waals surface area contributed by atoms with Crippen LogP contribution in [0.3, 0.4) is 0 Å². The molecule has 0 radical (unpaired) electrons. The van der Waals surface area contributed by atoms with Crippen molar-refractivity contribution in [2.75, 3.05) is 21.1 Å². The first kappa shape index (κ1) is 15.5. The highest BCUT2D eigenvalue weighted by Gasteiger charge is 2.42. The van der Waals surface area contributed by atoms with Crippen LogP contribution in [-0.4, -0.2) is 47.4 Å². The van der Waals surface area contributed by atoms with Gasteiger partial charge in [0.15, 0.2) is 0 Å². The van der Waals surface area contributed by atoms with Gasteiger partial charge in [-0.3, -0.25) is 4.68 Å². The fourth-order valence-corrected chi connectivity index (χ4v) is 3.64. The van der Waals surface area contributed by atoms with E-state index in [1.807, 2.05) is 0 Å². The third kappa shape index (κ3) is 2.91. The van der Waals surface area contributed by atoms with Gasteiger partial charge in [0, 0.05) is 30.2 Å². The van der Waals surface area contributed by atoms with E-state index in [-0.39, 0.29) is 5.54 Å². The Morgan fingerprint density at radius 3 is 2.45 bits per heavy atom. The molecule has 4 heteroatoms. The summed E-state index contributed by atoms with van der Waals surface area (Å²) in [5.41, 5.74) is 1.49. The van der Waals surface area contributed by atoms with E-state index in [0.29, 0.717) is 12.1 Å². The van der Waals surface area contributed by atoms with Crippen molar-refractivity contribution >= 4 is 0 Å². The average Bonchev–Trinajstić information content (AvgIpc) is 3.05. The summed E-state index contributed by atoms with van der Waals surface area (Å²) in [5, 5.41) is 8.28. The fourth-order valence-electron chi connectivity index (χ4n) is 3.64. The SMILES string of the molecule is CNC(Cc1ccn(C(C)C)n1)C1(N(C)C)CCCC1. The van der Waals surface area contributed by atoms with Crippen molar-refractivity contribution in [3.63, 3.8) is 0 Å². The molecule has 1 atom stereocenters. The largest absolute Gasteiger partial charge is 0.315 e. The van der Waals surface area contributed by atoms with E-state index in [9.17, 15) is 0 Å². The van der Waals surface area contributed by atoms with Crippen LogP contribution in [0.25, 0.3) is 0 Å². The van der Waals surface area contributed by atoms with E-state index in [1.54, 1.807) is 0 Å². The van der Waals surface area contributed by atoms with Crippen LogP contribution < -0.4 is 5.32 Å². The van der Waals surface area contributed by atoms with Crippen LogP contribution in [0.1, 0.15) is 51.3 Å². The van der Waals surface area contributed by atoms with Crippen LogP contribution in [0.4, 0.5) is 0 Å². The molecule has 4 nitrogen and oxygen atoms in total. The second-order valence-electron chi connectivity index (χ2n) is 6.63. The molecule has 1 aromatic heterocycles. The quantitative estimate of drug-likeness (QED) is 0.868. The molecule has 1 unspecified atom stereocenters. The molecule has 0 saturated heterocycles. The van der Waals surface area contributed by atoms with Crippen LogP contribution in [0.2, 0.25) is 0 Å². The number of likely N-dealkylation sites (N-methyl/N-ethyl adjacent to an activating group) is 2. The summed E-state index contributed by atoms with van der Waals surface area (Å²) in [6.07, 6.45) is 8.37. The lowest BCUT2D eigenvalue weighted by Crippen LogP contribution is -2.57. The monoisotopic (exact) mass is 278 g/mol. The lowest BCUT2D eigenvalue weighted by atomic mass is 9.84. The van der Waals surface area contributed by atoms with Crippen molar-refractivity contribution in [1.29, 1.82) is 0 Å². The summed E-state index contributed by atoms with van der Waals surface area (Å²) in [6, 6.07) is 3.07. The van der Waals surface area contributed by atoms with Gasteiger partial charge in [-0.05, 0) is 53.9 Å². The van der Waals surface area contributed by atoms with Gasteiger partial charge >= 0.3 is 0 Å². The Bertz CT molecular complexity index is 416. The molecule has 2 rings (SSSR count). The Morgan fingerprint density at radius 2 is 2.00 bits per heavy atom. The third-order valence-electron chi connectivity index (χ3n) is 4.96. The van der Waals surface area contributed by atoms with Crippen molar-refractivity contribution in [1.82, 2.24) is 20.0 Å². The first-order valence-corrected chi connectivity index (χ1v) is 7.88. The van der Waals surface area contributed by atoms with Gasteiger partial charge in [-0.15, -0.1) is 0 Å². The molecule has 0 aliphatic heterocycles. The first-order chi connectivity index (χ1) is 9.49.